The van der Waals surface area contributed by atoms with Crippen molar-refractivity contribution in [1.82, 2.24) is 14.9 Å². The van der Waals surface area contributed by atoms with Gasteiger partial charge < -0.3 is 15.2 Å². The molecule has 1 aromatic rings. The van der Waals surface area contributed by atoms with Crippen molar-refractivity contribution in [2.24, 2.45) is 11.8 Å². The van der Waals surface area contributed by atoms with Gasteiger partial charge in [0.05, 0.1) is 0 Å². The van der Waals surface area contributed by atoms with Crippen LogP contribution in [-0.2, 0) is 0 Å². The van der Waals surface area contributed by atoms with Gasteiger partial charge in [0, 0.05) is 19.2 Å². The van der Waals surface area contributed by atoms with Crippen LogP contribution in [0.1, 0.15) is 38.2 Å². The molecule has 6 nitrogen and oxygen atoms in total. The molecule has 3 N–H and O–H groups in total. The number of rotatable bonds is 5. The van der Waals surface area contributed by atoms with Gasteiger partial charge in [-0.1, -0.05) is 13.8 Å². The number of hydrogen-bond donors (Lipinski definition) is 2. The number of piperidine rings is 1. The highest BCUT2D eigenvalue weighted by molar-refractivity contribution is 5.59. The summed E-state index contributed by atoms with van der Waals surface area (Å²) in [6.45, 7) is 7.71. The molecule has 118 valence electrons. The molecule has 2 heterocycles. The van der Waals surface area contributed by atoms with Gasteiger partial charge in [0.1, 0.15) is 18.0 Å². The molecule has 0 bridgehead atoms. The van der Waals surface area contributed by atoms with Crippen LogP contribution in [0.15, 0.2) is 6.33 Å². The van der Waals surface area contributed by atoms with Crippen LogP contribution in [0.25, 0.3) is 0 Å². The van der Waals surface area contributed by atoms with Crippen molar-refractivity contribution in [3.8, 4) is 0 Å². The molecule has 0 spiro atoms. The summed E-state index contributed by atoms with van der Waals surface area (Å²) in [6.07, 6.45) is 4.09. The largest absolute Gasteiger partial charge is 0.359 e. The third-order valence-corrected chi connectivity index (χ3v) is 4.31. The summed E-state index contributed by atoms with van der Waals surface area (Å²) in [5, 5.41) is 0. The quantitative estimate of drug-likeness (QED) is 0.635. The van der Waals surface area contributed by atoms with E-state index in [9.17, 15) is 0 Å². The predicted octanol–water partition coefficient (Wildman–Crippen LogP) is 1.66. The van der Waals surface area contributed by atoms with Gasteiger partial charge in [0.25, 0.3) is 0 Å². The zero-order valence-electron chi connectivity index (χ0n) is 13.6. The van der Waals surface area contributed by atoms with Crippen LogP contribution in [0, 0.1) is 5.92 Å². The van der Waals surface area contributed by atoms with E-state index >= 15 is 0 Å². The second-order valence-corrected chi connectivity index (χ2v) is 6.39. The maximum absolute atomic E-state index is 5.59. The lowest BCUT2D eigenvalue weighted by atomic mass is 9.96. The SMILES string of the molecule is CC(C)c1c(NN)ncnc1N(C)CC1CCN(C)CC1. The zero-order chi connectivity index (χ0) is 15.4. The molecular weight excluding hydrogens is 264 g/mol. The fourth-order valence-electron chi connectivity index (χ4n) is 3.06. The molecule has 6 heteroatoms. The monoisotopic (exact) mass is 292 g/mol. The Labute approximate surface area is 127 Å². The summed E-state index contributed by atoms with van der Waals surface area (Å²) in [7, 11) is 4.31. The minimum absolute atomic E-state index is 0.326. The Bertz CT molecular complexity index is 453. The lowest BCUT2D eigenvalue weighted by Gasteiger charge is -2.33. The first kappa shape index (κ1) is 16.0. The van der Waals surface area contributed by atoms with Gasteiger partial charge in [-0.15, -0.1) is 0 Å². The fraction of sp³-hybridized carbons (Fsp3) is 0.733. The van der Waals surface area contributed by atoms with Crippen LogP contribution in [0.5, 0.6) is 0 Å². The molecule has 21 heavy (non-hydrogen) atoms. The summed E-state index contributed by atoms with van der Waals surface area (Å²) in [6, 6.07) is 0. The molecule has 0 unspecified atom stereocenters. The summed E-state index contributed by atoms with van der Waals surface area (Å²) in [5.74, 6) is 8.37. The first-order valence-electron chi connectivity index (χ1n) is 7.74. The fourth-order valence-corrected chi connectivity index (χ4v) is 3.06. The highest BCUT2D eigenvalue weighted by atomic mass is 15.3. The van der Waals surface area contributed by atoms with Gasteiger partial charge in [0.15, 0.2) is 0 Å². The average Bonchev–Trinajstić information content (AvgIpc) is 2.48. The van der Waals surface area contributed by atoms with Gasteiger partial charge in [0.2, 0.25) is 0 Å². The van der Waals surface area contributed by atoms with Crippen molar-refractivity contribution in [3.05, 3.63) is 11.9 Å². The Kier molecular flexibility index (Phi) is 5.36. The van der Waals surface area contributed by atoms with Gasteiger partial charge in [-0.2, -0.15) is 0 Å². The highest BCUT2D eigenvalue weighted by Gasteiger charge is 2.22. The number of hydrogen-bond acceptors (Lipinski definition) is 6. The molecule has 1 aromatic heterocycles. The van der Waals surface area contributed by atoms with Crippen LogP contribution >= 0.6 is 0 Å². The van der Waals surface area contributed by atoms with E-state index in [1.165, 1.54) is 25.9 Å². The van der Waals surface area contributed by atoms with Crippen molar-refractivity contribution >= 4 is 11.6 Å². The van der Waals surface area contributed by atoms with E-state index in [1.54, 1.807) is 6.33 Å². The van der Waals surface area contributed by atoms with Crippen LogP contribution in [-0.4, -0.2) is 48.6 Å². The Hall–Kier alpha value is -1.40. The number of likely N-dealkylation sites (tertiary alicyclic amines) is 1. The Morgan fingerprint density at radius 1 is 1.38 bits per heavy atom. The van der Waals surface area contributed by atoms with Crippen molar-refractivity contribution in [3.63, 3.8) is 0 Å². The van der Waals surface area contributed by atoms with E-state index in [0.29, 0.717) is 5.92 Å². The van der Waals surface area contributed by atoms with Gasteiger partial charge >= 0.3 is 0 Å². The zero-order valence-corrected chi connectivity index (χ0v) is 13.6. The van der Waals surface area contributed by atoms with Crippen LogP contribution in [0.3, 0.4) is 0 Å². The normalized spacial score (nSPS) is 17.2. The standard InChI is InChI=1S/C15H28N6/c1-11(2)13-14(19-16)17-10-18-15(13)21(4)9-12-5-7-20(3)8-6-12/h10-12H,5-9,16H2,1-4H3,(H,17,18,19). The number of hydrazine groups is 1. The molecular formula is C15H28N6. The van der Waals surface area contributed by atoms with Crippen molar-refractivity contribution < 1.29 is 0 Å². The minimum Gasteiger partial charge on any atom is -0.359 e. The third-order valence-electron chi connectivity index (χ3n) is 4.31. The van der Waals surface area contributed by atoms with E-state index in [0.717, 1.165) is 29.7 Å². The lowest BCUT2D eigenvalue weighted by molar-refractivity contribution is 0.222. The topological polar surface area (TPSA) is 70.3 Å². The van der Waals surface area contributed by atoms with Gasteiger partial charge in [-0.25, -0.2) is 15.8 Å². The van der Waals surface area contributed by atoms with E-state index in [4.69, 9.17) is 5.84 Å². The molecule has 1 aliphatic rings. The molecule has 0 aliphatic carbocycles. The third kappa shape index (κ3) is 3.83. The molecule has 0 atom stereocenters. The average molecular weight is 292 g/mol. The molecule has 0 aromatic carbocycles. The molecule has 1 fully saturated rings. The second kappa shape index (κ2) is 7.04. The number of nitrogens with zero attached hydrogens (tertiary/aromatic N) is 4. The Morgan fingerprint density at radius 2 is 2.05 bits per heavy atom. The smallest absolute Gasteiger partial charge is 0.148 e. The summed E-state index contributed by atoms with van der Waals surface area (Å²) in [5.41, 5.74) is 3.79. The molecule has 1 saturated heterocycles. The summed E-state index contributed by atoms with van der Waals surface area (Å²) < 4.78 is 0. The maximum Gasteiger partial charge on any atom is 0.148 e. The summed E-state index contributed by atoms with van der Waals surface area (Å²) in [4.78, 5) is 13.4. The molecule has 0 amide bonds. The number of anilines is 2. The van der Waals surface area contributed by atoms with Crippen molar-refractivity contribution in [2.75, 3.05) is 44.1 Å². The van der Waals surface area contributed by atoms with E-state index in [2.05, 4.69) is 53.1 Å². The van der Waals surface area contributed by atoms with Crippen molar-refractivity contribution in [2.45, 2.75) is 32.6 Å². The number of nitrogens with one attached hydrogen (secondary N) is 1. The van der Waals surface area contributed by atoms with E-state index < -0.39 is 0 Å². The second-order valence-electron chi connectivity index (χ2n) is 6.39. The molecule has 0 saturated carbocycles. The number of nitrogens with two attached hydrogens (primary N) is 1. The van der Waals surface area contributed by atoms with Crippen LogP contribution in [0.2, 0.25) is 0 Å². The lowest BCUT2D eigenvalue weighted by Crippen LogP contribution is -2.36. The summed E-state index contributed by atoms with van der Waals surface area (Å²) >= 11 is 0. The first-order chi connectivity index (χ1) is 10.0. The highest BCUT2D eigenvalue weighted by Crippen LogP contribution is 2.30. The number of nitrogen functional groups attached to an aromatic ring is 1. The first-order valence-corrected chi connectivity index (χ1v) is 7.74. The Morgan fingerprint density at radius 3 is 2.62 bits per heavy atom. The van der Waals surface area contributed by atoms with Crippen LogP contribution in [0.4, 0.5) is 11.6 Å². The maximum atomic E-state index is 5.59. The Balaban J connectivity index is 2.13. The molecule has 2 rings (SSSR count). The van der Waals surface area contributed by atoms with E-state index in [-0.39, 0.29) is 0 Å². The van der Waals surface area contributed by atoms with Gasteiger partial charge in [-0.05, 0) is 44.8 Å². The predicted molar refractivity (Wildman–Crippen MR) is 87.4 cm³/mol. The van der Waals surface area contributed by atoms with Crippen molar-refractivity contribution in [1.29, 1.82) is 0 Å². The minimum atomic E-state index is 0.326. The number of aromatic nitrogens is 2. The molecule has 1 aliphatic heterocycles. The molecule has 0 radical (unpaired) electrons. The van der Waals surface area contributed by atoms with E-state index in [1.807, 2.05) is 0 Å². The van der Waals surface area contributed by atoms with Gasteiger partial charge in [-0.3, -0.25) is 0 Å². The van der Waals surface area contributed by atoms with Crippen LogP contribution < -0.4 is 16.2 Å².